The van der Waals surface area contributed by atoms with Gasteiger partial charge >= 0.3 is 7.12 Å². The van der Waals surface area contributed by atoms with E-state index in [0.717, 1.165) is 5.39 Å². The maximum absolute atomic E-state index is 9.87. The van der Waals surface area contributed by atoms with Crippen LogP contribution in [0.4, 0.5) is 0 Å². The smallest absolute Gasteiger partial charge is 0.423 e. The third kappa shape index (κ3) is 2.69. The van der Waals surface area contributed by atoms with Crippen LogP contribution >= 0.6 is 0 Å². The van der Waals surface area contributed by atoms with Gasteiger partial charge < -0.3 is 14.3 Å². The van der Waals surface area contributed by atoms with Gasteiger partial charge in [0.25, 0.3) is 0 Å². The second-order valence-electron chi connectivity index (χ2n) is 7.65. The van der Waals surface area contributed by atoms with Gasteiger partial charge in [-0.15, -0.1) is 0 Å². The fraction of sp³-hybridized carbons (Fsp3) is 0.556. The highest BCUT2D eigenvalue weighted by atomic mass is 28.3. The molecule has 1 aromatic heterocycles. The van der Waals surface area contributed by atoms with Crippen LogP contribution in [-0.2, 0) is 0 Å². The van der Waals surface area contributed by atoms with Gasteiger partial charge in [0.15, 0.2) is 8.24 Å². The molecule has 2 N–H and O–H groups in total. The van der Waals surface area contributed by atoms with Crippen LogP contribution in [0.1, 0.15) is 47.1 Å². The molecular weight excluding hydrogens is 301 g/mol. The van der Waals surface area contributed by atoms with Crippen LogP contribution in [0.5, 0.6) is 0 Å². The number of fused-ring (bicyclic) bond motifs is 1. The zero-order chi connectivity index (χ0) is 17.5. The summed E-state index contributed by atoms with van der Waals surface area (Å²) in [4.78, 5) is 0. The van der Waals surface area contributed by atoms with E-state index in [1.807, 2.05) is 18.3 Å². The van der Waals surface area contributed by atoms with Crippen molar-refractivity contribution in [3.63, 3.8) is 0 Å². The molecule has 0 aliphatic carbocycles. The van der Waals surface area contributed by atoms with E-state index >= 15 is 0 Å². The summed E-state index contributed by atoms with van der Waals surface area (Å²) >= 11 is 0. The maximum Gasteiger partial charge on any atom is 0.490 e. The molecule has 2 aromatic rings. The molecule has 0 aliphatic heterocycles. The molecule has 0 bridgehead atoms. The molecule has 126 valence electrons. The first-order valence-corrected chi connectivity index (χ1v) is 10.8. The van der Waals surface area contributed by atoms with E-state index in [0.29, 0.717) is 22.1 Å². The van der Waals surface area contributed by atoms with Gasteiger partial charge in [-0.25, -0.2) is 0 Å². The molecule has 1 heterocycles. The average molecular weight is 331 g/mol. The highest BCUT2D eigenvalue weighted by Crippen LogP contribution is 2.44. The Morgan fingerprint density at radius 3 is 1.91 bits per heavy atom. The summed E-state index contributed by atoms with van der Waals surface area (Å²) in [6.07, 6.45) is 2.02. The van der Waals surface area contributed by atoms with Gasteiger partial charge in [0, 0.05) is 11.0 Å². The lowest BCUT2D eigenvalue weighted by atomic mass is 9.80. The first kappa shape index (κ1) is 18.3. The molecule has 0 radical (unpaired) electrons. The van der Waals surface area contributed by atoms with Gasteiger partial charge in [0.2, 0.25) is 0 Å². The molecule has 0 atom stereocenters. The van der Waals surface area contributed by atoms with Gasteiger partial charge in [0.1, 0.15) is 0 Å². The molecule has 23 heavy (non-hydrogen) atoms. The van der Waals surface area contributed by atoms with Gasteiger partial charge in [-0.2, -0.15) is 0 Å². The maximum atomic E-state index is 9.87. The van der Waals surface area contributed by atoms with Gasteiger partial charge in [-0.05, 0) is 40.7 Å². The van der Waals surface area contributed by atoms with Gasteiger partial charge in [-0.1, -0.05) is 59.7 Å². The summed E-state index contributed by atoms with van der Waals surface area (Å²) in [5.41, 5.74) is 4.68. The molecule has 0 aliphatic rings. The Kier molecular flexibility index (Phi) is 5.14. The summed E-state index contributed by atoms with van der Waals surface area (Å²) in [5.74, 6) is 0. The Balaban J connectivity index is 2.95. The molecule has 5 heteroatoms. The summed E-state index contributed by atoms with van der Waals surface area (Å²) in [6, 6.07) is 6.12. The Bertz CT molecular complexity index is 670. The van der Waals surface area contributed by atoms with Crippen LogP contribution in [0.2, 0.25) is 16.6 Å². The topological polar surface area (TPSA) is 45.4 Å². The number of hydrogen-bond donors (Lipinski definition) is 2. The summed E-state index contributed by atoms with van der Waals surface area (Å²) in [7, 11) is -3.36. The van der Waals surface area contributed by atoms with Crippen molar-refractivity contribution >= 4 is 31.7 Å². The highest BCUT2D eigenvalue weighted by Gasteiger charge is 2.46. The van der Waals surface area contributed by atoms with E-state index < -0.39 is 15.4 Å². The summed E-state index contributed by atoms with van der Waals surface area (Å²) in [5, 5.41) is 20.7. The second kappa shape index (κ2) is 6.46. The minimum Gasteiger partial charge on any atom is -0.423 e. The lowest BCUT2D eigenvalue weighted by Crippen LogP contribution is -2.52. The number of aryl methyl sites for hydroxylation is 1. The molecule has 0 fully saturated rings. The minimum atomic E-state index is -1.93. The van der Waals surface area contributed by atoms with Crippen molar-refractivity contribution in [1.29, 1.82) is 0 Å². The Labute approximate surface area is 141 Å². The standard InChI is InChI=1S/C18H30BNO2Si/c1-12(2)23(13(3)4,14(5)6)20-11-17(19(21)22)16-10-8-9-15(7)18(16)20/h8-14,21-22H,1-7H3. The van der Waals surface area contributed by atoms with Crippen molar-refractivity contribution in [2.75, 3.05) is 0 Å². The van der Waals surface area contributed by atoms with Crippen molar-refractivity contribution in [2.24, 2.45) is 0 Å². The zero-order valence-electron chi connectivity index (χ0n) is 15.5. The predicted octanol–water partition coefficient (Wildman–Crippen LogP) is 3.65. The summed E-state index contributed by atoms with van der Waals surface area (Å²) in [6.45, 7) is 16.1. The number of aromatic nitrogens is 1. The van der Waals surface area contributed by atoms with Crippen LogP contribution in [0.15, 0.2) is 24.4 Å². The zero-order valence-corrected chi connectivity index (χ0v) is 16.5. The Morgan fingerprint density at radius 1 is 0.957 bits per heavy atom. The first-order chi connectivity index (χ1) is 10.7. The number of para-hydroxylation sites is 1. The number of nitrogens with zero attached hydrogens (tertiary/aromatic N) is 1. The summed E-state index contributed by atoms with van der Waals surface area (Å²) < 4.78 is 2.46. The fourth-order valence-corrected chi connectivity index (χ4v) is 11.5. The lowest BCUT2D eigenvalue weighted by molar-refractivity contribution is 0.426. The van der Waals surface area contributed by atoms with Crippen LogP contribution in [0.25, 0.3) is 10.9 Å². The molecule has 0 saturated carbocycles. The largest absolute Gasteiger partial charge is 0.490 e. The van der Waals surface area contributed by atoms with Gasteiger partial charge in [0.05, 0.1) is 0 Å². The molecule has 0 unspecified atom stereocenters. The van der Waals surface area contributed by atoms with Crippen LogP contribution in [0.3, 0.4) is 0 Å². The molecular formula is C18H30BNO2Si. The Morgan fingerprint density at radius 2 is 1.48 bits per heavy atom. The molecule has 0 amide bonds. The second-order valence-corrected chi connectivity index (χ2v) is 13.4. The van der Waals surface area contributed by atoms with Gasteiger partial charge in [-0.3, -0.25) is 0 Å². The van der Waals surface area contributed by atoms with Crippen molar-refractivity contribution in [3.05, 3.63) is 30.0 Å². The lowest BCUT2D eigenvalue weighted by Gasteiger charge is -2.44. The van der Waals surface area contributed by atoms with E-state index in [9.17, 15) is 10.0 Å². The average Bonchev–Trinajstić information content (AvgIpc) is 2.79. The van der Waals surface area contributed by atoms with Crippen LogP contribution in [0, 0.1) is 6.92 Å². The van der Waals surface area contributed by atoms with Crippen LogP contribution < -0.4 is 5.46 Å². The molecule has 0 saturated heterocycles. The quantitative estimate of drug-likeness (QED) is 0.822. The third-order valence-corrected chi connectivity index (χ3v) is 12.3. The van der Waals surface area contributed by atoms with Crippen LogP contribution in [-0.4, -0.2) is 29.6 Å². The first-order valence-electron chi connectivity index (χ1n) is 8.62. The fourth-order valence-electron chi connectivity index (χ4n) is 4.83. The molecule has 3 nitrogen and oxygen atoms in total. The molecule has 1 aromatic carbocycles. The SMILES string of the molecule is Cc1cccc2c(B(O)O)cn([Si](C(C)C)(C(C)C)C(C)C)c12. The van der Waals surface area contributed by atoms with E-state index in [1.165, 1.54) is 11.1 Å². The molecule has 0 spiro atoms. The van der Waals surface area contributed by atoms with Crippen molar-refractivity contribution in [3.8, 4) is 0 Å². The van der Waals surface area contributed by atoms with Crippen molar-refractivity contribution < 1.29 is 10.0 Å². The van der Waals surface area contributed by atoms with E-state index in [-0.39, 0.29) is 0 Å². The number of hydrogen-bond acceptors (Lipinski definition) is 2. The van der Waals surface area contributed by atoms with E-state index in [4.69, 9.17) is 0 Å². The number of benzene rings is 1. The normalized spacial score (nSPS) is 12.9. The van der Waals surface area contributed by atoms with Crippen molar-refractivity contribution in [2.45, 2.75) is 65.1 Å². The van der Waals surface area contributed by atoms with E-state index in [2.05, 4.69) is 58.8 Å². The minimum absolute atomic E-state index is 0.557. The van der Waals surface area contributed by atoms with E-state index in [1.54, 1.807) is 0 Å². The Hall–Kier alpha value is -1.04. The molecule has 2 rings (SSSR count). The predicted molar refractivity (Wildman–Crippen MR) is 103 cm³/mol. The monoisotopic (exact) mass is 331 g/mol. The van der Waals surface area contributed by atoms with Crippen molar-refractivity contribution in [1.82, 2.24) is 4.23 Å². The number of rotatable bonds is 5. The highest BCUT2D eigenvalue weighted by molar-refractivity contribution is 6.83. The third-order valence-electron chi connectivity index (χ3n) is 5.53.